The maximum absolute atomic E-state index is 14.0. The average molecular weight is 514 g/mol. The highest BCUT2D eigenvalue weighted by Gasteiger charge is 2.36. The second-order valence-corrected chi connectivity index (χ2v) is 10.5. The fourth-order valence-electron chi connectivity index (χ4n) is 6.45. The maximum atomic E-state index is 14.0. The Morgan fingerprint density at radius 3 is 2.33 bits per heavy atom. The number of methoxy groups -OCH3 is 1. The summed E-state index contributed by atoms with van der Waals surface area (Å²) in [4.78, 5) is 14.0. The molecule has 4 aromatic carbocycles. The number of nitrogens with zero attached hydrogens (tertiary/aromatic N) is 1. The summed E-state index contributed by atoms with van der Waals surface area (Å²) in [6.07, 6.45) is 1.26. The number of ether oxygens (including phenoxy) is 1. The van der Waals surface area contributed by atoms with E-state index in [1.54, 1.807) is 7.11 Å². The first-order valence-electron chi connectivity index (χ1n) is 13.7. The zero-order valence-corrected chi connectivity index (χ0v) is 22.2. The molecule has 1 aromatic heterocycles. The minimum Gasteiger partial charge on any atom is -0.497 e. The van der Waals surface area contributed by atoms with Gasteiger partial charge in [0.1, 0.15) is 5.75 Å². The zero-order chi connectivity index (χ0) is 26.5. The molecule has 5 aromatic rings. The summed E-state index contributed by atoms with van der Waals surface area (Å²) < 4.78 is 7.71. The molecule has 2 aliphatic rings. The molecule has 0 saturated carbocycles. The fraction of sp³-hybridized carbons (Fsp3) is 0.206. The quantitative estimate of drug-likeness (QED) is 0.257. The summed E-state index contributed by atoms with van der Waals surface area (Å²) in [5.41, 5.74) is 8.57. The van der Waals surface area contributed by atoms with Crippen LogP contribution in [0.3, 0.4) is 0 Å². The van der Waals surface area contributed by atoms with Gasteiger partial charge in [0.15, 0.2) is 5.78 Å². The van der Waals surface area contributed by atoms with Gasteiger partial charge in [0, 0.05) is 46.0 Å². The summed E-state index contributed by atoms with van der Waals surface area (Å²) >= 11 is 0. The minimum absolute atomic E-state index is 0.116. The first-order valence-corrected chi connectivity index (χ1v) is 13.7. The van der Waals surface area contributed by atoms with Crippen LogP contribution in [0.25, 0.3) is 21.8 Å². The Morgan fingerprint density at radius 1 is 0.821 bits per heavy atom. The second-order valence-electron chi connectivity index (χ2n) is 10.5. The molecular formula is C34H31N3O2. The molecule has 0 bridgehead atoms. The number of aromatic nitrogens is 1. The van der Waals surface area contributed by atoms with Crippen molar-refractivity contribution in [3.63, 3.8) is 0 Å². The molecule has 7 rings (SSSR count). The van der Waals surface area contributed by atoms with Gasteiger partial charge < -0.3 is 19.9 Å². The van der Waals surface area contributed by atoms with Gasteiger partial charge in [-0.15, -0.1) is 0 Å². The molecule has 2 N–H and O–H groups in total. The number of para-hydroxylation sites is 3. The van der Waals surface area contributed by atoms with E-state index in [0.29, 0.717) is 6.42 Å². The number of fused-ring (bicyclic) bond motifs is 4. The molecule has 2 atom stereocenters. The molecular weight excluding hydrogens is 482 g/mol. The van der Waals surface area contributed by atoms with Crippen LogP contribution in [0.15, 0.2) is 102 Å². The minimum atomic E-state index is -0.242. The number of anilines is 2. The number of ketones is 1. The number of Topliss-reactive ketones (excluding diaryl/α,β-unsaturated/α-hetero) is 1. The number of rotatable bonds is 4. The molecule has 39 heavy (non-hydrogen) atoms. The van der Waals surface area contributed by atoms with E-state index in [1.165, 1.54) is 21.8 Å². The SMILES string of the molecule is CCn1c2ccccc2c2cc([C@@H]3Nc4ccccc4NC4=C3C(=O)C[C@H](c3ccc(OC)cc3)C4)ccc21. The predicted molar refractivity (Wildman–Crippen MR) is 159 cm³/mol. The largest absolute Gasteiger partial charge is 0.497 e. The van der Waals surface area contributed by atoms with Crippen LogP contribution in [-0.4, -0.2) is 17.5 Å². The molecule has 0 spiro atoms. The normalized spacial score (nSPS) is 18.8. The van der Waals surface area contributed by atoms with Crippen LogP contribution in [0.1, 0.15) is 42.9 Å². The Kier molecular flexibility index (Phi) is 5.66. The molecule has 0 unspecified atom stereocenters. The van der Waals surface area contributed by atoms with E-state index in [4.69, 9.17) is 4.74 Å². The van der Waals surface area contributed by atoms with Gasteiger partial charge in [0.05, 0.1) is 24.5 Å². The first kappa shape index (κ1) is 23.6. The van der Waals surface area contributed by atoms with Crippen molar-refractivity contribution in [1.82, 2.24) is 4.57 Å². The number of nitrogens with one attached hydrogen (secondary N) is 2. The Hall–Kier alpha value is -4.51. The van der Waals surface area contributed by atoms with E-state index in [0.717, 1.165) is 52.5 Å². The van der Waals surface area contributed by atoms with Crippen molar-refractivity contribution < 1.29 is 9.53 Å². The van der Waals surface area contributed by atoms with Crippen LogP contribution in [0, 0.1) is 0 Å². The summed E-state index contributed by atoms with van der Waals surface area (Å²) in [5, 5.41) is 9.87. The highest BCUT2D eigenvalue weighted by molar-refractivity contribution is 6.08. The van der Waals surface area contributed by atoms with E-state index in [-0.39, 0.29) is 17.7 Å². The summed E-state index contributed by atoms with van der Waals surface area (Å²) in [7, 11) is 1.67. The highest BCUT2D eigenvalue weighted by Crippen LogP contribution is 2.45. The van der Waals surface area contributed by atoms with Crippen LogP contribution in [0.2, 0.25) is 0 Å². The summed E-state index contributed by atoms with van der Waals surface area (Å²) in [6.45, 7) is 3.09. The maximum Gasteiger partial charge on any atom is 0.163 e. The lowest BCUT2D eigenvalue weighted by atomic mass is 9.78. The number of hydrogen-bond donors (Lipinski definition) is 2. The number of allylic oxidation sites excluding steroid dienone is 1. The number of hydrogen-bond acceptors (Lipinski definition) is 4. The summed E-state index contributed by atoms with van der Waals surface area (Å²) in [6, 6.07) is 31.4. The molecule has 0 amide bonds. The molecule has 0 saturated heterocycles. The van der Waals surface area contributed by atoms with Crippen LogP contribution in [0.5, 0.6) is 5.75 Å². The molecule has 1 aliphatic carbocycles. The van der Waals surface area contributed by atoms with Crippen molar-refractivity contribution in [2.45, 2.75) is 38.3 Å². The lowest BCUT2D eigenvalue weighted by Crippen LogP contribution is -2.26. The predicted octanol–water partition coefficient (Wildman–Crippen LogP) is 7.80. The van der Waals surface area contributed by atoms with E-state index in [1.807, 2.05) is 24.3 Å². The third kappa shape index (κ3) is 3.88. The molecule has 5 nitrogen and oxygen atoms in total. The zero-order valence-electron chi connectivity index (χ0n) is 22.2. The molecule has 5 heteroatoms. The van der Waals surface area contributed by atoms with Crippen molar-refractivity contribution in [3.8, 4) is 5.75 Å². The van der Waals surface area contributed by atoms with Crippen molar-refractivity contribution >= 4 is 39.0 Å². The van der Waals surface area contributed by atoms with Gasteiger partial charge >= 0.3 is 0 Å². The lowest BCUT2D eigenvalue weighted by molar-refractivity contribution is -0.116. The van der Waals surface area contributed by atoms with Crippen molar-refractivity contribution in [2.24, 2.45) is 0 Å². The molecule has 0 fully saturated rings. The van der Waals surface area contributed by atoms with E-state index in [9.17, 15) is 4.79 Å². The van der Waals surface area contributed by atoms with Crippen LogP contribution >= 0.6 is 0 Å². The Morgan fingerprint density at radius 2 is 1.54 bits per heavy atom. The highest BCUT2D eigenvalue weighted by atomic mass is 16.5. The second kappa shape index (κ2) is 9.35. The standard InChI is InChI=1S/C34H31N3O2/c1-3-37-30-11-7-4-8-25(30)26-18-22(14-17-31(26)37)34-33-29(35-27-9-5-6-10-28(27)36-34)19-23(20-32(33)38)21-12-15-24(39-2)16-13-21/h4-18,23,34-36H,3,19-20H2,1-2H3/t23-,34+/m1/s1. The third-order valence-electron chi connectivity index (χ3n) is 8.34. The number of benzene rings is 4. The Bertz CT molecular complexity index is 1760. The van der Waals surface area contributed by atoms with Crippen molar-refractivity contribution in [3.05, 3.63) is 113 Å². The average Bonchev–Trinajstić information content (AvgIpc) is 3.18. The Labute approximate surface area is 228 Å². The van der Waals surface area contributed by atoms with Crippen LogP contribution in [0.4, 0.5) is 11.4 Å². The molecule has 0 radical (unpaired) electrons. The van der Waals surface area contributed by atoms with Gasteiger partial charge in [0.2, 0.25) is 0 Å². The van der Waals surface area contributed by atoms with Gasteiger partial charge in [-0.05, 0) is 72.9 Å². The van der Waals surface area contributed by atoms with E-state index in [2.05, 4.69) is 88.9 Å². The van der Waals surface area contributed by atoms with Gasteiger partial charge in [0.25, 0.3) is 0 Å². The van der Waals surface area contributed by atoms with E-state index >= 15 is 0 Å². The molecule has 1 aliphatic heterocycles. The number of carbonyl (C=O) groups excluding carboxylic acids is 1. The van der Waals surface area contributed by atoms with Gasteiger partial charge in [-0.25, -0.2) is 0 Å². The smallest absolute Gasteiger partial charge is 0.163 e. The fourth-order valence-corrected chi connectivity index (χ4v) is 6.45. The summed E-state index contributed by atoms with van der Waals surface area (Å²) in [5.74, 6) is 1.13. The van der Waals surface area contributed by atoms with Crippen molar-refractivity contribution in [1.29, 1.82) is 0 Å². The van der Waals surface area contributed by atoms with Crippen LogP contribution < -0.4 is 15.4 Å². The van der Waals surface area contributed by atoms with Gasteiger partial charge in [-0.3, -0.25) is 4.79 Å². The molecule has 2 heterocycles. The third-order valence-corrected chi connectivity index (χ3v) is 8.34. The monoisotopic (exact) mass is 513 g/mol. The topological polar surface area (TPSA) is 55.3 Å². The van der Waals surface area contributed by atoms with Crippen molar-refractivity contribution in [2.75, 3.05) is 17.7 Å². The number of aryl methyl sites for hydroxylation is 1. The van der Waals surface area contributed by atoms with Gasteiger partial charge in [-0.2, -0.15) is 0 Å². The number of carbonyl (C=O) groups is 1. The molecule has 194 valence electrons. The first-order chi connectivity index (χ1) is 19.1. The Balaban J connectivity index is 1.36. The van der Waals surface area contributed by atoms with E-state index < -0.39 is 0 Å². The van der Waals surface area contributed by atoms with Crippen LogP contribution in [-0.2, 0) is 11.3 Å². The van der Waals surface area contributed by atoms with Gasteiger partial charge in [-0.1, -0.05) is 48.5 Å². The lowest BCUT2D eigenvalue weighted by Gasteiger charge is -2.30.